The van der Waals surface area contributed by atoms with Gasteiger partial charge in [0, 0.05) is 0 Å². The second-order valence-corrected chi connectivity index (χ2v) is 17.9. The predicted octanol–water partition coefficient (Wildman–Crippen LogP) is 8.14. The van der Waals surface area contributed by atoms with Crippen LogP contribution in [0.15, 0.2) is 182 Å². The summed E-state index contributed by atoms with van der Waals surface area (Å²) in [5.74, 6) is 0. The molecule has 0 bridgehead atoms. The van der Waals surface area contributed by atoms with Crippen LogP contribution in [0.1, 0.15) is 6.92 Å². The largest absolute Gasteiger partial charge is 0.0622 e. The molecule has 0 saturated heterocycles. The summed E-state index contributed by atoms with van der Waals surface area (Å²) in [5, 5.41) is 8.77. The van der Waals surface area contributed by atoms with Gasteiger partial charge in [0.05, 0.1) is 0 Å². The number of hydrogen-bond donors (Lipinski definition) is 0. The summed E-state index contributed by atoms with van der Waals surface area (Å²) < 4.78 is 0. The van der Waals surface area contributed by atoms with Crippen LogP contribution in [0, 0.1) is 0 Å². The third-order valence-corrected chi connectivity index (χ3v) is 16.9. The monoisotopic (exact) mass is 610 g/mol. The first-order valence-electron chi connectivity index (χ1n) is 15.0. The Morgan fingerprint density at radius 3 is 0.907 bits per heavy atom. The Balaban J connectivity index is 1.55. The quantitative estimate of drug-likeness (QED) is 0.130. The number of hydrogen-bond acceptors (Lipinski definition) is 0. The molecule has 6 aromatic carbocycles. The molecule has 212 valence electrons. The summed E-state index contributed by atoms with van der Waals surface area (Å²) in [5.41, 5.74) is 0.904. The Labute approximate surface area is 261 Å². The molecule has 0 aliphatic carbocycles. The molecule has 0 aromatic heterocycles. The third-order valence-electron chi connectivity index (χ3n) is 7.94. The third kappa shape index (κ3) is 7.23. The number of benzene rings is 6. The first-order chi connectivity index (χ1) is 21.3. The Morgan fingerprint density at radius 1 is 0.349 bits per heavy atom. The van der Waals surface area contributed by atoms with E-state index in [0.29, 0.717) is 11.3 Å². The SMILES string of the molecule is CC(C(CP(c1ccccc1)c1ccccc1)P(c1ccccc1)c1ccccc1)P(c1ccccc1)c1ccccc1. The molecule has 3 heteroatoms. The van der Waals surface area contributed by atoms with Crippen LogP contribution in [0.2, 0.25) is 0 Å². The Morgan fingerprint density at radius 2 is 0.605 bits per heavy atom. The molecule has 0 amide bonds. The van der Waals surface area contributed by atoms with Crippen molar-refractivity contribution in [1.82, 2.24) is 0 Å². The van der Waals surface area contributed by atoms with Gasteiger partial charge in [0.15, 0.2) is 0 Å². The zero-order chi connectivity index (χ0) is 29.3. The molecule has 0 aliphatic heterocycles. The summed E-state index contributed by atoms with van der Waals surface area (Å²) in [4.78, 5) is 0. The van der Waals surface area contributed by atoms with Crippen LogP contribution in [0.25, 0.3) is 0 Å². The minimum absolute atomic E-state index is 0.448. The molecule has 0 nitrogen and oxygen atoms in total. The smallest absolute Gasteiger partial charge is 0.00125 e. The lowest BCUT2D eigenvalue weighted by Gasteiger charge is -2.40. The average Bonchev–Trinajstić information content (AvgIpc) is 3.09. The molecule has 0 N–H and O–H groups in total. The van der Waals surface area contributed by atoms with Crippen molar-refractivity contribution in [2.24, 2.45) is 0 Å². The first-order valence-corrected chi connectivity index (χ1v) is 19.3. The molecular weight excluding hydrogens is 573 g/mol. The van der Waals surface area contributed by atoms with E-state index in [1.54, 1.807) is 0 Å². The van der Waals surface area contributed by atoms with E-state index in [-0.39, 0.29) is 0 Å². The maximum Gasteiger partial charge on any atom is -0.00125 e. The topological polar surface area (TPSA) is 0 Å². The zero-order valence-corrected chi connectivity index (χ0v) is 27.2. The van der Waals surface area contributed by atoms with E-state index in [0.717, 1.165) is 6.16 Å². The minimum Gasteiger partial charge on any atom is -0.0622 e. The van der Waals surface area contributed by atoms with Crippen molar-refractivity contribution in [2.75, 3.05) is 6.16 Å². The second kappa shape index (κ2) is 14.9. The molecule has 6 aromatic rings. The minimum atomic E-state index is -0.648. The lowest BCUT2D eigenvalue weighted by Crippen LogP contribution is -2.37. The molecule has 0 heterocycles. The highest BCUT2D eigenvalue weighted by Gasteiger charge is 2.37. The predicted molar refractivity (Wildman–Crippen MR) is 195 cm³/mol. The summed E-state index contributed by atoms with van der Waals surface area (Å²) in [6.07, 6.45) is 1.14. The van der Waals surface area contributed by atoms with E-state index in [2.05, 4.69) is 189 Å². The lowest BCUT2D eigenvalue weighted by molar-refractivity contribution is 0.919. The Kier molecular flexibility index (Phi) is 10.3. The van der Waals surface area contributed by atoms with Crippen LogP contribution < -0.4 is 31.8 Å². The van der Waals surface area contributed by atoms with Crippen molar-refractivity contribution in [3.63, 3.8) is 0 Å². The molecule has 0 aliphatic rings. The standard InChI is InChI=1S/C40H37P3/c1-33(42(36-24-12-4-13-25-36)37-26-14-5-15-27-37)40(43(38-28-16-6-17-29-38)39-30-18-7-19-31-39)32-41(34-20-8-2-9-21-34)35-22-10-3-11-23-35/h2-31,33,40H,32H2,1H3. The highest BCUT2D eigenvalue weighted by atomic mass is 31.1. The fourth-order valence-corrected chi connectivity index (χ4v) is 15.6. The number of rotatable bonds is 11. The fourth-order valence-electron chi connectivity index (χ4n) is 5.89. The van der Waals surface area contributed by atoms with Crippen molar-refractivity contribution in [1.29, 1.82) is 0 Å². The van der Waals surface area contributed by atoms with Crippen LogP contribution >= 0.6 is 23.8 Å². The summed E-state index contributed by atoms with van der Waals surface area (Å²) in [6.45, 7) is 2.56. The van der Waals surface area contributed by atoms with E-state index in [1.807, 2.05) is 0 Å². The van der Waals surface area contributed by atoms with Gasteiger partial charge < -0.3 is 0 Å². The van der Waals surface area contributed by atoms with Gasteiger partial charge >= 0.3 is 0 Å². The average molecular weight is 611 g/mol. The van der Waals surface area contributed by atoms with Crippen LogP contribution in [-0.2, 0) is 0 Å². The van der Waals surface area contributed by atoms with Crippen molar-refractivity contribution in [3.8, 4) is 0 Å². The van der Waals surface area contributed by atoms with Gasteiger partial charge in [-0.1, -0.05) is 189 Å². The van der Waals surface area contributed by atoms with E-state index >= 15 is 0 Å². The van der Waals surface area contributed by atoms with Crippen LogP contribution in [-0.4, -0.2) is 17.5 Å². The summed E-state index contributed by atoms with van der Waals surface area (Å²) in [7, 11) is -1.83. The van der Waals surface area contributed by atoms with Gasteiger partial charge in [0.2, 0.25) is 0 Å². The van der Waals surface area contributed by atoms with Gasteiger partial charge in [0.25, 0.3) is 0 Å². The molecule has 0 saturated carbocycles. The molecule has 43 heavy (non-hydrogen) atoms. The van der Waals surface area contributed by atoms with Gasteiger partial charge in [-0.3, -0.25) is 0 Å². The second-order valence-electron chi connectivity index (χ2n) is 10.7. The fraction of sp³-hybridized carbons (Fsp3) is 0.100. The maximum absolute atomic E-state index is 2.56. The molecule has 6 rings (SSSR count). The molecule has 2 atom stereocenters. The highest BCUT2D eigenvalue weighted by molar-refractivity contribution is 7.79. The summed E-state index contributed by atoms with van der Waals surface area (Å²) in [6, 6.07) is 67.8. The normalized spacial score (nSPS) is 12.8. The molecule has 0 fully saturated rings. The maximum atomic E-state index is 2.56. The molecule has 0 spiro atoms. The van der Waals surface area contributed by atoms with E-state index in [9.17, 15) is 0 Å². The van der Waals surface area contributed by atoms with Gasteiger partial charge in [-0.25, -0.2) is 0 Å². The van der Waals surface area contributed by atoms with E-state index in [1.165, 1.54) is 31.8 Å². The van der Waals surface area contributed by atoms with Crippen molar-refractivity contribution in [2.45, 2.75) is 18.2 Å². The molecule has 2 unspecified atom stereocenters. The van der Waals surface area contributed by atoms with Gasteiger partial charge in [0.1, 0.15) is 0 Å². The van der Waals surface area contributed by atoms with Crippen LogP contribution in [0.3, 0.4) is 0 Å². The van der Waals surface area contributed by atoms with Crippen LogP contribution in [0.4, 0.5) is 0 Å². The lowest BCUT2D eigenvalue weighted by atomic mass is 10.3. The van der Waals surface area contributed by atoms with Crippen molar-refractivity contribution < 1.29 is 0 Å². The summed E-state index contributed by atoms with van der Waals surface area (Å²) >= 11 is 0. The van der Waals surface area contributed by atoms with Crippen molar-refractivity contribution in [3.05, 3.63) is 182 Å². The van der Waals surface area contributed by atoms with E-state index in [4.69, 9.17) is 0 Å². The molecule has 0 radical (unpaired) electrons. The van der Waals surface area contributed by atoms with Crippen molar-refractivity contribution >= 4 is 55.6 Å². The van der Waals surface area contributed by atoms with Crippen LogP contribution in [0.5, 0.6) is 0 Å². The Bertz CT molecular complexity index is 1530. The first kappa shape index (κ1) is 29.7. The van der Waals surface area contributed by atoms with Gasteiger partial charge in [-0.2, -0.15) is 0 Å². The van der Waals surface area contributed by atoms with E-state index < -0.39 is 23.8 Å². The van der Waals surface area contributed by atoms with Gasteiger partial charge in [-0.05, 0) is 73.1 Å². The Hall–Kier alpha value is -3.39. The molecular formula is C40H37P3. The zero-order valence-electron chi connectivity index (χ0n) is 24.5. The highest BCUT2D eigenvalue weighted by Crippen LogP contribution is 2.55. The van der Waals surface area contributed by atoms with Gasteiger partial charge in [-0.15, -0.1) is 0 Å².